The summed E-state index contributed by atoms with van der Waals surface area (Å²) in [7, 11) is 0. The van der Waals surface area contributed by atoms with Crippen LogP contribution in [-0.2, 0) is 6.42 Å². The second-order valence-corrected chi connectivity index (χ2v) is 11.5. The summed E-state index contributed by atoms with van der Waals surface area (Å²) in [5.74, 6) is 3.24. The Morgan fingerprint density at radius 3 is 2.12 bits per heavy atom. The molecular weight excluding hydrogens is 415 g/mol. The lowest BCUT2D eigenvalue weighted by molar-refractivity contribution is 0.225. The van der Waals surface area contributed by atoms with Gasteiger partial charge in [-0.3, -0.25) is 0 Å². The van der Waals surface area contributed by atoms with Crippen LogP contribution < -0.4 is 0 Å². The number of unbranched alkanes of at least 4 members (excludes halogenated alkanes) is 2. The standard InChI is InChI=1S/C33H47F/c1-3-5-7-9-28-18-22-32-30(24-28)21-23-31(33(32)34)29-19-16-27(17-20-29)15-14-26-12-10-25(11-13-26)8-6-4-2/h4,18,21-27,29H,2-3,5-17,19-20H2,1H3. The van der Waals surface area contributed by atoms with Gasteiger partial charge in [0.25, 0.3) is 0 Å². The number of hydrogen-bond donors (Lipinski definition) is 0. The molecule has 2 saturated carbocycles. The molecule has 2 aromatic rings. The van der Waals surface area contributed by atoms with Gasteiger partial charge in [0.15, 0.2) is 0 Å². The molecule has 4 rings (SSSR count). The molecule has 2 aromatic carbocycles. The minimum absolute atomic E-state index is 0.0503. The summed E-state index contributed by atoms with van der Waals surface area (Å²) in [6.07, 6.45) is 22.9. The van der Waals surface area contributed by atoms with Crippen LogP contribution in [0, 0.1) is 23.6 Å². The fourth-order valence-electron chi connectivity index (χ4n) is 6.80. The summed E-state index contributed by atoms with van der Waals surface area (Å²) in [4.78, 5) is 0. The maximum atomic E-state index is 15.5. The van der Waals surface area contributed by atoms with E-state index in [1.54, 1.807) is 0 Å². The topological polar surface area (TPSA) is 0 Å². The van der Waals surface area contributed by atoms with Gasteiger partial charge in [-0.25, -0.2) is 4.39 Å². The van der Waals surface area contributed by atoms with Crippen molar-refractivity contribution in [3.8, 4) is 0 Å². The Hall–Kier alpha value is -1.63. The van der Waals surface area contributed by atoms with Crippen molar-refractivity contribution in [3.63, 3.8) is 0 Å². The van der Waals surface area contributed by atoms with E-state index in [0.29, 0.717) is 5.92 Å². The molecule has 0 N–H and O–H groups in total. The Morgan fingerprint density at radius 1 is 0.824 bits per heavy atom. The highest BCUT2D eigenvalue weighted by Crippen LogP contribution is 2.41. The van der Waals surface area contributed by atoms with E-state index in [0.717, 1.165) is 53.4 Å². The van der Waals surface area contributed by atoms with Gasteiger partial charge in [-0.1, -0.05) is 94.7 Å². The summed E-state index contributed by atoms with van der Waals surface area (Å²) < 4.78 is 15.5. The number of allylic oxidation sites excluding steroid dienone is 1. The van der Waals surface area contributed by atoms with Gasteiger partial charge in [-0.15, -0.1) is 6.58 Å². The SMILES string of the molecule is C=CCCC1CCC(CCC2CCC(c3ccc4cc(CCCCC)ccc4c3F)CC2)CC1. The van der Waals surface area contributed by atoms with E-state index in [1.807, 2.05) is 6.07 Å². The summed E-state index contributed by atoms with van der Waals surface area (Å²) >= 11 is 0. The lowest BCUT2D eigenvalue weighted by atomic mass is 9.73. The summed E-state index contributed by atoms with van der Waals surface area (Å²) in [5, 5.41) is 1.89. The number of fused-ring (bicyclic) bond motifs is 1. The van der Waals surface area contributed by atoms with Crippen LogP contribution in [-0.4, -0.2) is 0 Å². The van der Waals surface area contributed by atoms with Crippen molar-refractivity contribution in [2.24, 2.45) is 17.8 Å². The van der Waals surface area contributed by atoms with Crippen molar-refractivity contribution in [2.75, 3.05) is 0 Å². The van der Waals surface area contributed by atoms with Crippen molar-refractivity contribution in [3.05, 3.63) is 59.9 Å². The minimum atomic E-state index is 0.0503. The maximum absolute atomic E-state index is 15.5. The summed E-state index contributed by atoms with van der Waals surface area (Å²) in [6, 6.07) is 10.7. The van der Waals surface area contributed by atoms with E-state index < -0.39 is 0 Å². The van der Waals surface area contributed by atoms with Gasteiger partial charge < -0.3 is 0 Å². The Balaban J connectivity index is 1.25. The molecule has 186 valence electrons. The third kappa shape index (κ3) is 6.73. The molecule has 2 aliphatic rings. The molecule has 1 heteroatoms. The zero-order valence-electron chi connectivity index (χ0n) is 21.7. The van der Waals surface area contributed by atoms with E-state index in [4.69, 9.17) is 0 Å². The molecule has 0 saturated heterocycles. The molecule has 0 spiro atoms. The second kappa shape index (κ2) is 12.9. The van der Waals surface area contributed by atoms with Gasteiger partial charge in [-0.05, 0) is 91.6 Å². The monoisotopic (exact) mass is 462 g/mol. The van der Waals surface area contributed by atoms with E-state index in [2.05, 4.69) is 43.8 Å². The van der Waals surface area contributed by atoms with Gasteiger partial charge in [0, 0.05) is 5.39 Å². The molecule has 0 aromatic heterocycles. The quantitative estimate of drug-likeness (QED) is 0.230. The second-order valence-electron chi connectivity index (χ2n) is 11.5. The van der Waals surface area contributed by atoms with Crippen LogP contribution in [0.4, 0.5) is 4.39 Å². The lowest BCUT2D eigenvalue weighted by Gasteiger charge is -2.32. The maximum Gasteiger partial charge on any atom is 0.134 e. The van der Waals surface area contributed by atoms with Crippen molar-refractivity contribution in [1.29, 1.82) is 0 Å². The average molecular weight is 463 g/mol. The van der Waals surface area contributed by atoms with Crippen LogP contribution in [0.5, 0.6) is 0 Å². The van der Waals surface area contributed by atoms with E-state index in [9.17, 15) is 0 Å². The zero-order chi connectivity index (χ0) is 23.8. The van der Waals surface area contributed by atoms with Gasteiger partial charge in [0.1, 0.15) is 5.82 Å². The van der Waals surface area contributed by atoms with Gasteiger partial charge in [0.2, 0.25) is 0 Å². The number of halogens is 1. The predicted molar refractivity (Wildman–Crippen MR) is 146 cm³/mol. The first kappa shape index (κ1) is 25.5. The molecule has 0 radical (unpaired) electrons. The normalized spacial score (nSPS) is 25.5. The van der Waals surface area contributed by atoms with Crippen molar-refractivity contribution in [2.45, 2.75) is 116 Å². The number of hydrogen-bond acceptors (Lipinski definition) is 0. The molecule has 0 nitrogen and oxygen atoms in total. The molecule has 0 amide bonds. The Kier molecular flexibility index (Phi) is 9.66. The van der Waals surface area contributed by atoms with Gasteiger partial charge >= 0.3 is 0 Å². The highest BCUT2D eigenvalue weighted by Gasteiger charge is 2.27. The van der Waals surface area contributed by atoms with Crippen LogP contribution in [0.1, 0.15) is 120 Å². The highest BCUT2D eigenvalue weighted by molar-refractivity contribution is 5.84. The first-order chi connectivity index (χ1) is 16.7. The van der Waals surface area contributed by atoms with E-state index in [-0.39, 0.29) is 5.82 Å². The molecule has 2 aliphatic carbocycles. The smallest absolute Gasteiger partial charge is 0.134 e. The predicted octanol–water partition coefficient (Wildman–Crippen LogP) is 10.5. The van der Waals surface area contributed by atoms with Gasteiger partial charge in [-0.2, -0.15) is 0 Å². The highest BCUT2D eigenvalue weighted by atomic mass is 19.1. The molecule has 0 unspecified atom stereocenters. The number of aryl methyl sites for hydroxylation is 1. The average Bonchev–Trinajstić information content (AvgIpc) is 2.88. The van der Waals surface area contributed by atoms with Crippen LogP contribution >= 0.6 is 0 Å². The number of benzene rings is 2. The molecule has 2 fully saturated rings. The first-order valence-electron chi connectivity index (χ1n) is 14.5. The fraction of sp³-hybridized carbons (Fsp3) is 0.636. The molecule has 0 aliphatic heterocycles. The fourth-order valence-corrected chi connectivity index (χ4v) is 6.80. The molecule has 0 bridgehead atoms. The summed E-state index contributed by atoms with van der Waals surface area (Å²) in [6.45, 7) is 6.12. The third-order valence-electron chi connectivity index (χ3n) is 9.13. The van der Waals surface area contributed by atoms with Crippen molar-refractivity contribution >= 4 is 10.8 Å². The zero-order valence-corrected chi connectivity index (χ0v) is 21.7. The van der Waals surface area contributed by atoms with Crippen LogP contribution in [0.3, 0.4) is 0 Å². The minimum Gasteiger partial charge on any atom is -0.206 e. The Morgan fingerprint density at radius 2 is 1.47 bits per heavy atom. The molecule has 0 heterocycles. The van der Waals surface area contributed by atoms with E-state index in [1.165, 1.54) is 89.0 Å². The van der Waals surface area contributed by atoms with Crippen LogP contribution in [0.2, 0.25) is 0 Å². The van der Waals surface area contributed by atoms with Crippen LogP contribution in [0.15, 0.2) is 43.0 Å². The van der Waals surface area contributed by atoms with Crippen molar-refractivity contribution in [1.82, 2.24) is 0 Å². The first-order valence-corrected chi connectivity index (χ1v) is 14.5. The molecule has 34 heavy (non-hydrogen) atoms. The molecule has 0 atom stereocenters. The largest absolute Gasteiger partial charge is 0.206 e. The Labute approximate surface area is 208 Å². The van der Waals surface area contributed by atoms with Crippen LogP contribution in [0.25, 0.3) is 10.8 Å². The molecular formula is C33H47F. The number of rotatable bonds is 11. The van der Waals surface area contributed by atoms with E-state index >= 15 is 4.39 Å². The van der Waals surface area contributed by atoms with Crippen molar-refractivity contribution < 1.29 is 4.39 Å². The lowest BCUT2D eigenvalue weighted by Crippen LogP contribution is -2.18. The van der Waals surface area contributed by atoms with Gasteiger partial charge in [0.05, 0.1) is 0 Å². The summed E-state index contributed by atoms with van der Waals surface area (Å²) in [5.41, 5.74) is 2.32. The Bertz CT molecular complexity index is 896. The third-order valence-corrected chi connectivity index (χ3v) is 9.13.